The molecule has 0 saturated heterocycles. The SMILES string of the molecule is NCCCc1ccnc2c1OCCO2. The predicted octanol–water partition coefficient (Wildman–Crippen LogP) is 0.744. The smallest absolute Gasteiger partial charge is 0.257 e. The maximum absolute atomic E-state index is 5.52. The minimum Gasteiger partial charge on any atom is -0.484 e. The van der Waals surface area contributed by atoms with Crippen LogP contribution in [0.2, 0.25) is 0 Å². The molecule has 4 nitrogen and oxygen atoms in total. The molecule has 1 aromatic heterocycles. The molecular weight excluding hydrogens is 180 g/mol. The molecule has 0 radical (unpaired) electrons. The summed E-state index contributed by atoms with van der Waals surface area (Å²) in [5, 5.41) is 0. The van der Waals surface area contributed by atoms with Crippen LogP contribution in [0.25, 0.3) is 0 Å². The van der Waals surface area contributed by atoms with Crippen LogP contribution in [0.5, 0.6) is 11.6 Å². The summed E-state index contributed by atoms with van der Waals surface area (Å²) in [6.07, 6.45) is 3.63. The molecule has 1 aliphatic rings. The molecule has 1 aromatic rings. The molecule has 76 valence electrons. The minimum atomic E-state index is 0.584. The van der Waals surface area contributed by atoms with Crippen molar-refractivity contribution in [3.05, 3.63) is 17.8 Å². The monoisotopic (exact) mass is 194 g/mol. The summed E-state index contributed by atoms with van der Waals surface area (Å²) in [6.45, 7) is 1.88. The summed E-state index contributed by atoms with van der Waals surface area (Å²) in [4.78, 5) is 4.11. The molecule has 0 unspecified atom stereocenters. The molecule has 14 heavy (non-hydrogen) atoms. The van der Waals surface area contributed by atoms with Gasteiger partial charge in [0, 0.05) is 11.8 Å². The number of fused-ring (bicyclic) bond motifs is 1. The van der Waals surface area contributed by atoms with E-state index in [1.54, 1.807) is 6.20 Å². The molecule has 0 saturated carbocycles. The lowest BCUT2D eigenvalue weighted by atomic mass is 10.1. The molecule has 1 aliphatic heterocycles. The lowest BCUT2D eigenvalue weighted by molar-refractivity contribution is 0.162. The highest BCUT2D eigenvalue weighted by Gasteiger charge is 2.16. The van der Waals surface area contributed by atoms with E-state index in [1.807, 2.05) is 6.07 Å². The topological polar surface area (TPSA) is 57.4 Å². The molecule has 0 bridgehead atoms. The molecule has 4 heteroatoms. The lowest BCUT2D eigenvalue weighted by Gasteiger charge is -2.19. The fourth-order valence-electron chi connectivity index (χ4n) is 1.50. The Hall–Kier alpha value is -1.29. The van der Waals surface area contributed by atoms with Crippen molar-refractivity contribution in [2.24, 2.45) is 5.73 Å². The van der Waals surface area contributed by atoms with Crippen LogP contribution in [-0.4, -0.2) is 24.7 Å². The third-order valence-electron chi connectivity index (χ3n) is 2.17. The molecule has 0 aliphatic carbocycles. The molecule has 2 heterocycles. The molecule has 2 rings (SSSR count). The van der Waals surface area contributed by atoms with Gasteiger partial charge in [-0.15, -0.1) is 0 Å². The Balaban J connectivity index is 2.21. The highest BCUT2D eigenvalue weighted by atomic mass is 16.6. The quantitative estimate of drug-likeness (QED) is 0.771. The summed E-state index contributed by atoms with van der Waals surface area (Å²) in [5.41, 5.74) is 6.60. The predicted molar refractivity (Wildman–Crippen MR) is 52.6 cm³/mol. The van der Waals surface area contributed by atoms with Crippen molar-refractivity contribution >= 4 is 0 Å². The van der Waals surface area contributed by atoms with Crippen LogP contribution in [0, 0.1) is 0 Å². The molecule has 0 aromatic carbocycles. The zero-order chi connectivity index (χ0) is 9.80. The van der Waals surface area contributed by atoms with Crippen molar-refractivity contribution in [3.63, 3.8) is 0 Å². The van der Waals surface area contributed by atoms with Crippen LogP contribution >= 0.6 is 0 Å². The van der Waals surface area contributed by atoms with E-state index in [4.69, 9.17) is 15.2 Å². The Morgan fingerprint density at radius 1 is 1.36 bits per heavy atom. The van der Waals surface area contributed by atoms with E-state index < -0.39 is 0 Å². The maximum atomic E-state index is 5.52. The Kier molecular flexibility index (Phi) is 2.84. The summed E-state index contributed by atoms with van der Waals surface area (Å²) < 4.78 is 10.9. The molecule has 0 atom stereocenters. The van der Waals surface area contributed by atoms with Gasteiger partial charge in [-0.2, -0.15) is 0 Å². The first kappa shape index (κ1) is 9.27. The summed E-state index contributed by atoms with van der Waals surface area (Å²) in [5.74, 6) is 1.41. The van der Waals surface area contributed by atoms with E-state index in [9.17, 15) is 0 Å². The summed E-state index contributed by atoms with van der Waals surface area (Å²) in [6, 6.07) is 1.96. The summed E-state index contributed by atoms with van der Waals surface area (Å²) in [7, 11) is 0. The second-order valence-corrected chi connectivity index (χ2v) is 3.19. The Labute approximate surface area is 83.0 Å². The van der Waals surface area contributed by atoms with Crippen molar-refractivity contribution in [1.29, 1.82) is 0 Å². The number of rotatable bonds is 3. The zero-order valence-electron chi connectivity index (χ0n) is 8.03. The van der Waals surface area contributed by atoms with Gasteiger partial charge in [-0.3, -0.25) is 0 Å². The fourth-order valence-corrected chi connectivity index (χ4v) is 1.50. The Bertz CT molecular complexity index is 315. The van der Waals surface area contributed by atoms with Crippen molar-refractivity contribution in [1.82, 2.24) is 4.98 Å². The summed E-state index contributed by atoms with van der Waals surface area (Å²) >= 11 is 0. The van der Waals surface area contributed by atoms with Gasteiger partial charge in [-0.25, -0.2) is 4.98 Å². The fraction of sp³-hybridized carbons (Fsp3) is 0.500. The maximum Gasteiger partial charge on any atom is 0.257 e. The van der Waals surface area contributed by atoms with Gasteiger partial charge in [0.1, 0.15) is 13.2 Å². The number of hydrogen-bond donors (Lipinski definition) is 1. The van der Waals surface area contributed by atoms with E-state index in [0.29, 0.717) is 25.6 Å². The van der Waals surface area contributed by atoms with E-state index in [-0.39, 0.29) is 0 Å². The first-order chi connectivity index (χ1) is 6.92. The van der Waals surface area contributed by atoms with Crippen molar-refractivity contribution in [2.45, 2.75) is 12.8 Å². The highest BCUT2D eigenvalue weighted by Crippen LogP contribution is 2.31. The second kappa shape index (κ2) is 4.28. The van der Waals surface area contributed by atoms with E-state index >= 15 is 0 Å². The van der Waals surface area contributed by atoms with Crippen molar-refractivity contribution < 1.29 is 9.47 Å². The van der Waals surface area contributed by atoms with Crippen LogP contribution in [0.3, 0.4) is 0 Å². The largest absolute Gasteiger partial charge is 0.484 e. The van der Waals surface area contributed by atoms with E-state index in [1.165, 1.54) is 0 Å². The van der Waals surface area contributed by atoms with Crippen LogP contribution in [-0.2, 0) is 6.42 Å². The number of aromatic nitrogens is 1. The van der Waals surface area contributed by atoms with Crippen LogP contribution < -0.4 is 15.2 Å². The minimum absolute atomic E-state index is 0.584. The standard InChI is InChI=1S/C10H14N2O2/c11-4-1-2-8-3-5-12-10-9(8)13-6-7-14-10/h3,5H,1-2,4,6-7,11H2. The van der Waals surface area contributed by atoms with Crippen LogP contribution in [0.15, 0.2) is 12.3 Å². The van der Waals surface area contributed by atoms with Gasteiger partial charge in [-0.05, 0) is 25.5 Å². The average molecular weight is 194 g/mol. The van der Waals surface area contributed by atoms with Crippen molar-refractivity contribution in [3.8, 4) is 11.6 Å². The Morgan fingerprint density at radius 2 is 2.21 bits per heavy atom. The van der Waals surface area contributed by atoms with Gasteiger partial charge in [0.15, 0.2) is 5.75 Å². The number of pyridine rings is 1. The van der Waals surface area contributed by atoms with Gasteiger partial charge in [0.05, 0.1) is 0 Å². The van der Waals surface area contributed by atoms with Crippen LogP contribution in [0.1, 0.15) is 12.0 Å². The number of nitrogens with two attached hydrogens (primary N) is 1. The number of nitrogens with zero attached hydrogens (tertiary/aromatic N) is 1. The van der Waals surface area contributed by atoms with Gasteiger partial charge < -0.3 is 15.2 Å². The third kappa shape index (κ3) is 1.80. The number of hydrogen-bond acceptors (Lipinski definition) is 4. The molecule has 2 N–H and O–H groups in total. The van der Waals surface area contributed by atoms with Crippen LogP contribution in [0.4, 0.5) is 0 Å². The number of ether oxygens (including phenoxy) is 2. The average Bonchev–Trinajstić information content (AvgIpc) is 2.26. The lowest BCUT2D eigenvalue weighted by Crippen LogP contribution is -2.17. The number of aryl methyl sites for hydroxylation is 1. The highest BCUT2D eigenvalue weighted by molar-refractivity contribution is 5.42. The Morgan fingerprint density at radius 3 is 3.07 bits per heavy atom. The normalized spacial score (nSPS) is 14.1. The first-order valence-corrected chi connectivity index (χ1v) is 4.85. The van der Waals surface area contributed by atoms with Gasteiger partial charge in [-0.1, -0.05) is 0 Å². The van der Waals surface area contributed by atoms with Gasteiger partial charge in [0.2, 0.25) is 0 Å². The first-order valence-electron chi connectivity index (χ1n) is 4.85. The van der Waals surface area contributed by atoms with E-state index in [0.717, 1.165) is 24.2 Å². The second-order valence-electron chi connectivity index (χ2n) is 3.19. The van der Waals surface area contributed by atoms with Gasteiger partial charge >= 0.3 is 0 Å². The van der Waals surface area contributed by atoms with Crippen molar-refractivity contribution in [2.75, 3.05) is 19.8 Å². The third-order valence-corrected chi connectivity index (χ3v) is 2.17. The molecular formula is C10H14N2O2. The molecule has 0 amide bonds. The van der Waals surface area contributed by atoms with Gasteiger partial charge in [0.25, 0.3) is 5.88 Å². The molecule has 0 fully saturated rings. The van der Waals surface area contributed by atoms with E-state index in [2.05, 4.69) is 4.98 Å². The zero-order valence-corrected chi connectivity index (χ0v) is 8.03. The molecule has 0 spiro atoms.